The number of carbonyl (C=O) groups is 1. The molecule has 0 bridgehead atoms. The number of halogens is 1. The molecule has 2 aromatic heterocycles. The molecule has 6 nitrogen and oxygen atoms in total. The van der Waals surface area contributed by atoms with Crippen molar-refractivity contribution in [2.75, 3.05) is 0 Å². The normalized spacial score (nSPS) is 10.7. The van der Waals surface area contributed by atoms with Gasteiger partial charge in [0.1, 0.15) is 5.82 Å². The first kappa shape index (κ1) is 15.0. The fraction of sp³-hybridized carbons (Fsp3) is 0.188. The van der Waals surface area contributed by atoms with E-state index >= 15 is 0 Å². The Morgan fingerprint density at radius 3 is 2.74 bits per heavy atom. The highest BCUT2D eigenvalue weighted by Gasteiger charge is 2.07. The van der Waals surface area contributed by atoms with Gasteiger partial charge >= 0.3 is 0 Å². The van der Waals surface area contributed by atoms with E-state index in [4.69, 9.17) is 0 Å². The van der Waals surface area contributed by atoms with Crippen LogP contribution in [0.25, 0.3) is 5.69 Å². The SMILES string of the molecule is Cc1cc(CC(=O)NCc2ccn(-c3ccc(F)cc3)n2)n[nH]1. The Bertz CT molecular complexity index is 806. The molecule has 3 aromatic rings. The molecular formula is C16H16FN5O. The molecule has 118 valence electrons. The van der Waals surface area contributed by atoms with E-state index in [1.54, 1.807) is 23.0 Å². The van der Waals surface area contributed by atoms with Crippen LogP contribution in [0.2, 0.25) is 0 Å². The van der Waals surface area contributed by atoms with Gasteiger partial charge in [0.05, 0.1) is 30.0 Å². The second-order valence-electron chi connectivity index (χ2n) is 5.22. The highest BCUT2D eigenvalue weighted by Crippen LogP contribution is 2.09. The van der Waals surface area contributed by atoms with Crippen molar-refractivity contribution in [2.24, 2.45) is 0 Å². The molecule has 1 aromatic carbocycles. The Hall–Kier alpha value is -2.96. The monoisotopic (exact) mass is 313 g/mol. The van der Waals surface area contributed by atoms with Gasteiger partial charge in [0.2, 0.25) is 5.91 Å². The molecule has 0 spiro atoms. The summed E-state index contributed by atoms with van der Waals surface area (Å²) in [6.07, 6.45) is 1.99. The molecule has 23 heavy (non-hydrogen) atoms. The van der Waals surface area contributed by atoms with Gasteiger partial charge in [0.25, 0.3) is 0 Å². The lowest BCUT2D eigenvalue weighted by Gasteiger charge is -2.02. The molecule has 1 amide bonds. The van der Waals surface area contributed by atoms with Crippen molar-refractivity contribution in [3.05, 3.63) is 65.5 Å². The fourth-order valence-corrected chi connectivity index (χ4v) is 2.17. The number of hydrogen-bond donors (Lipinski definition) is 2. The number of aryl methyl sites for hydroxylation is 1. The van der Waals surface area contributed by atoms with E-state index in [0.717, 1.165) is 17.1 Å². The highest BCUT2D eigenvalue weighted by molar-refractivity contribution is 5.78. The molecule has 0 saturated carbocycles. The zero-order chi connectivity index (χ0) is 16.2. The second-order valence-corrected chi connectivity index (χ2v) is 5.22. The Balaban J connectivity index is 1.56. The summed E-state index contributed by atoms with van der Waals surface area (Å²) < 4.78 is 14.6. The topological polar surface area (TPSA) is 75.6 Å². The molecular weight excluding hydrogens is 297 g/mol. The summed E-state index contributed by atoms with van der Waals surface area (Å²) in [7, 11) is 0. The molecule has 0 unspecified atom stereocenters. The number of carbonyl (C=O) groups excluding carboxylic acids is 1. The van der Waals surface area contributed by atoms with Crippen LogP contribution < -0.4 is 5.32 Å². The van der Waals surface area contributed by atoms with Crippen LogP contribution in [0.15, 0.2) is 42.6 Å². The van der Waals surface area contributed by atoms with E-state index in [1.807, 2.05) is 19.1 Å². The zero-order valence-electron chi connectivity index (χ0n) is 12.6. The molecule has 3 rings (SSSR count). The number of H-pyrrole nitrogens is 1. The molecule has 0 radical (unpaired) electrons. The lowest BCUT2D eigenvalue weighted by molar-refractivity contribution is -0.120. The average Bonchev–Trinajstić information content (AvgIpc) is 3.15. The third kappa shape index (κ3) is 3.82. The van der Waals surface area contributed by atoms with Gasteiger partial charge in [-0.1, -0.05) is 0 Å². The summed E-state index contributed by atoms with van der Waals surface area (Å²) in [5, 5.41) is 14.0. The molecule has 0 saturated heterocycles. The second kappa shape index (κ2) is 6.43. The van der Waals surface area contributed by atoms with E-state index in [-0.39, 0.29) is 18.1 Å². The predicted molar refractivity (Wildman–Crippen MR) is 82.4 cm³/mol. The minimum absolute atomic E-state index is 0.118. The van der Waals surface area contributed by atoms with Gasteiger partial charge in [-0.05, 0) is 43.3 Å². The van der Waals surface area contributed by atoms with E-state index in [1.165, 1.54) is 12.1 Å². The van der Waals surface area contributed by atoms with Crippen LogP contribution in [-0.2, 0) is 17.8 Å². The van der Waals surface area contributed by atoms with Crippen molar-refractivity contribution in [3.8, 4) is 5.69 Å². The number of nitrogens with one attached hydrogen (secondary N) is 2. The highest BCUT2D eigenvalue weighted by atomic mass is 19.1. The summed E-state index contributed by atoms with van der Waals surface area (Å²) in [4.78, 5) is 11.9. The first-order valence-corrected chi connectivity index (χ1v) is 7.18. The number of benzene rings is 1. The van der Waals surface area contributed by atoms with Crippen molar-refractivity contribution in [3.63, 3.8) is 0 Å². The van der Waals surface area contributed by atoms with Crippen LogP contribution in [0.1, 0.15) is 17.1 Å². The van der Waals surface area contributed by atoms with Gasteiger partial charge in [0.15, 0.2) is 0 Å². The van der Waals surface area contributed by atoms with Crippen molar-refractivity contribution in [1.29, 1.82) is 0 Å². The Kier molecular flexibility index (Phi) is 4.18. The van der Waals surface area contributed by atoms with E-state index in [2.05, 4.69) is 20.6 Å². The predicted octanol–water partition coefficient (Wildman–Crippen LogP) is 1.90. The molecule has 2 N–H and O–H groups in total. The summed E-state index contributed by atoms with van der Waals surface area (Å²) in [6, 6.07) is 9.69. The molecule has 0 fully saturated rings. The molecule has 2 heterocycles. The number of hydrogen-bond acceptors (Lipinski definition) is 3. The summed E-state index contributed by atoms with van der Waals surface area (Å²) >= 11 is 0. The Labute approximate surface area is 132 Å². The summed E-state index contributed by atoms with van der Waals surface area (Å²) in [6.45, 7) is 2.22. The average molecular weight is 313 g/mol. The number of aromatic amines is 1. The first-order chi connectivity index (χ1) is 11.1. The fourth-order valence-electron chi connectivity index (χ4n) is 2.17. The van der Waals surface area contributed by atoms with Crippen molar-refractivity contribution < 1.29 is 9.18 Å². The van der Waals surface area contributed by atoms with Crippen molar-refractivity contribution in [2.45, 2.75) is 19.9 Å². The smallest absolute Gasteiger partial charge is 0.226 e. The maximum absolute atomic E-state index is 12.9. The number of nitrogens with zero attached hydrogens (tertiary/aromatic N) is 3. The third-order valence-electron chi connectivity index (χ3n) is 3.30. The maximum atomic E-state index is 12.9. The zero-order valence-corrected chi connectivity index (χ0v) is 12.6. The number of rotatable bonds is 5. The van der Waals surface area contributed by atoms with Crippen LogP contribution in [0.4, 0.5) is 4.39 Å². The minimum atomic E-state index is -0.290. The molecule has 0 aliphatic rings. The van der Waals surface area contributed by atoms with Crippen molar-refractivity contribution >= 4 is 5.91 Å². The van der Waals surface area contributed by atoms with Gasteiger partial charge in [-0.3, -0.25) is 9.89 Å². The van der Waals surface area contributed by atoms with Crippen LogP contribution >= 0.6 is 0 Å². The van der Waals surface area contributed by atoms with Gasteiger partial charge in [-0.15, -0.1) is 0 Å². The van der Waals surface area contributed by atoms with E-state index in [9.17, 15) is 9.18 Å². The lowest BCUT2D eigenvalue weighted by Crippen LogP contribution is -2.25. The number of amides is 1. The molecule has 0 aliphatic heterocycles. The van der Waals surface area contributed by atoms with Crippen LogP contribution in [0.3, 0.4) is 0 Å². The van der Waals surface area contributed by atoms with Gasteiger partial charge in [-0.25, -0.2) is 9.07 Å². The van der Waals surface area contributed by atoms with Crippen LogP contribution in [0.5, 0.6) is 0 Å². The van der Waals surface area contributed by atoms with Crippen LogP contribution in [-0.4, -0.2) is 25.9 Å². The number of aromatic nitrogens is 4. The Morgan fingerprint density at radius 2 is 2.04 bits per heavy atom. The summed E-state index contributed by atoms with van der Waals surface area (Å²) in [5.41, 5.74) is 3.11. The van der Waals surface area contributed by atoms with Crippen LogP contribution in [0, 0.1) is 12.7 Å². The standard InChI is InChI=1S/C16H16FN5O/c1-11-8-14(20-19-11)9-16(23)18-10-13-6-7-22(21-13)15-4-2-12(17)3-5-15/h2-8H,9-10H2,1H3,(H,18,23)(H,19,20). The summed E-state index contributed by atoms with van der Waals surface area (Å²) in [5.74, 6) is -0.408. The molecule has 0 aliphatic carbocycles. The third-order valence-corrected chi connectivity index (χ3v) is 3.30. The van der Waals surface area contributed by atoms with Crippen molar-refractivity contribution in [1.82, 2.24) is 25.3 Å². The van der Waals surface area contributed by atoms with Gasteiger partial charge < -0.3 is 5.32 Å². The van der Waals surface area contributed by atoms with Gasteiger partial charge in [-0.2, -0.15) is 10.2 Å². The largest absolute Gasteiger partial charge is 0.350 e. The molecule has 0 atom stereocenters. The minimum Gasteiger partial charge on any atom is -0.350 e. The van der Waals surface area contributed by atoms with E-state index in [0.29, 0.717) is 12.2 Å². The first-order valence-electron chi connectivity index (χ1n) is 7.18. The quantitative estimate of drug-likeness (QED) is 0.755. The van der Waals surface area contributed by atoms with Gasteiger partial charge in [0, 0.05) is 11.9 Å². The van der Waals surface area contributed by atoms with E-state index < -0.39 is 0 Å². The molecule has 7 heteroatoms. The Morgan fingerprint density at radius 1 is 1.26 bits per heavy atom. The lowest BCUT2D eigenvalue weighted by atomic mass is 10.3. The maximum Gasteiger partial charge on any atom is 0.226 e.